The second kappa shape index (κ2) is 4.23. The number of rotatable bonds is 2. The predicted molar refractivity (Wildman–Crippen MR) is 71.6 cm³/mol. The van der Waals surface area contributed by atoms with E-state index in [-0.39, 0.29) is 5.92 Å². The Kier molecular flexibility index (Phi) is 2.66. The average Bonchev–Trinajstić information content (AvgIpc) is 2.82. The maximum absolute atomic E-state index is 11.1. The fourth-order valence-electron chi connectivity index (χ4n) is 2.81. The Morgan fingerprint density at radius 2 is 2.21 bits per heavy atom. The molecule has 0 amide bonds. The van der Waals surface area contributed by atoms with Gasteiger partial charge in [0.15, 0.2) is 0 Å². The van der Waals surface area contributed by atoms with Gasteiger partial charge in [-0.3, -0.25) is 9.78 Å². The maximum atomic E-state index is 11.1. The zero-order chi connectivity index (χ0) is 13.6. The second-order valence-corrected chi connectivity index (χ2v) is 4.99. The van der Waals surface area contributed by atoms with Crippen LogP contribution in [0.2, 0.25) is 0 Å². The number of carboxylic acids is 1. The topological polar surface area (TPSA) is 59.4 Å². The number of carboxylic acid groups (broad SMARTS) is 1. The summed E-state index contributed by atoms with van der Waals surface area (Å²) in [6, 6.07) is 5.80. The van der Waals surface area contributed by atoms with Gasteiger partial charge in [-0.25, -0.2) is 0 Å². The lowest BCUT2D eigenvalue weighted by atomic mass is 10.0. The van der Waals surface area contributed by atoms with Gasteiger partial charge in [-0.1, -0.05) is 0 Å². The standard InChI is InChI=1S/C15H15NO3/c1-8-11-4-3-10(19-2)7-14(11)16-13-6-9(15(17)18)5-12(8)13/h3-4,7,9H,5-6H2,1-2H3,(H,17,18). The van der Waals surface area contributed by atoms with Crippen LogP contribution in [0.3, 0.4) is 0 Å². The highest BCUT2D eigenvalue weighted by molar-refractivity contribution is 5.85. The maximum Gasteiger partial charge on any atom is 0.307 e. The van der Waals surface area contributed by atoms with Crippen LogP contribution in [-0.4, -0.2) is 23.2 Å². The molecule has 0 radical (unpaired) electrons. The first kappa shape index (κ1) is 12.0. The number of hydrogen-bond acceptors (Lipinski definition) is 3. The van der Waals surface area contributed by atoms with Crippen LogP contribution in [0.5, 0.6) is 5.75 Å². The monoisotopic (exact) mass is 257 g/mol. The van der Waals surface area contributed by atoms with Gasteiger partial charge in [-0.15, -0.1) is 0 Å². The van der Waals surface area contributed by atoms with E-state index in [9.17, 15) is 4.79 Å². The minimum Gasteiger partial charge on any atom is -0.497 e. The number of fused-ring (bicyclic) bond motifs is 2. The zero-order valence-corrected chi connectivity index (χ0v) is 10.9. The van der Waals surface area contributed by atoms with Crippen molar-refractivity contribution in [2.45, 2.75) is 19.8 Å². The minimum atomic E-state index is -0.737. The van der Waals surface area contributed by atoms with Gasteiger partial charge in [0.2, 0.25) is 0 Å². The molecule has 3 rings (SSSR count). The van der Waals surface area contributed by atoms with Crippen molar-refractivity contribution in [2.75, 3.05) is 7.11 Å². The highest BCUT2D eigenvalue weighted by atomic mass is 16.5. The molecule has 1 aromatic heterocycles. The number of ether oxygens (including phenoxy) is 1. The Bertz CT molecular complexity index is 679. The van der Waals surface area contributed by atoms with Crippen molar-refractivity contribution < 1.29 is 14.6 Å². The van der Waals surface area contributed by atoms with E-state index in [1.807, 2.05) is 25.1 Å². The third-order valence-corrected chi connectivity index (χ3v) is 3.90. The first-order valence-electron chi connectivity index (χ1n) is 6.29. The Morgan fingerprint density at radius 1 is 1.42 bits per heavy atom. The molecule has 0 spiro atoms. The van der Waals surface area contributed by atoms with Crippen molar-refractivity contribution in [2.24, 2.45) is 5.92 Å². The first-order chi connectivity index (χ1) is 9.10. The summed E-state index contributed by atoms with van der Waals surface area (Å²) in [5, 5.41) is 10.2. The van der Waals surface area contributed by atoms with Gasteiger partial charge in [0.05, 0.1) is 18.5 Å². The van der Waals surface area contributed by atoms with Gasteiger partial charge in [0.1, 0.15) is 5.75 Å². The van der Waals surface area contributed by atoms with E-state index in [1.54, 1.807) is 7.11 Å². The zero-order valence-electron chi connectivity index (χ0n) is 10.9. The molecule has 0 fully saturated rings. The summed E-state index contributed by atoms with van der Waals surface area (Å²) in [4.78, 5) is 15.7. The number of carbonyl (C=O) groups is 1. The number of methoxy groups -OCH3 is 1. The Balaban J connectivity index is 2.17. The summed E-state index contributed by atoms with van der Waals surface area (Å²) >= 11 is 0. The lowest BCUT2D eigenvalue weighted by molar-refractivity contribution is -0.141. The Hall–Kier alpha value is -2.10. The van der Waals surface area contributed by atoms with Crippen molar-refractivity contribution in [3.63, 3.8) is 0 Å². The van der Waals surface area contributed by atoms with Crippen LogP contribution in [0.15, 0.2) is 18.2 Å². The molecular weight excluding hydrogens is 242 g/mol. The van der Waals surface area contributed by atoms with Crippen LogP contribution in [-0.2, 0) is 17.6 Å². The van der Waals surface area contributed by atoms with E-state index in [0.29, 0.717) is 12.8 Å². The normalized spacial score (nSPS) is 17.5. The van der Waals surface area contributed by atoms with E-state index in [1.165, 1.54) is 0 Å². The first-order valence-corrected chi connectivity index (χ1v) is 6.29. The fourth-order valence-corrected chi connectivity index (χ4v) is 2.81. The molecule has 1 atom stereocenters. The summed E-state index contributed by atoms with van der Waals surface area (Å²) in [7, 11) is 1.63. The van der Waals surface area contributed by atoms with Gasteiger partial charge in [-0.2, -0.15) is 0 Å². The molecule has 1 aliphatic rings. The third-order valence-electron chi connectivity index (χ3n) is 3.90. The quantitative estimate of drug-likeness (QED) is 0.897. The third kappa shape index (κ3) is 1.84. The molecule has 19 heavy (non-hydrogen) atoms. The lowest BCUT2D eigenvalue weighted by Crippen LogP contribution is -2.13. The van der Waals surface area contributed by atoms with Crippen molar-refractivity contribution in [1.29, 1.82) is 0 Å². The van der Waals surface area contributed by atoms with E-state index in [2.05, 4.69) is 4.98 Å². The van der Waals surface area contributed by atoms with Gasteiger partial charge in [0.25, 0.3) is 0 Å². The smallest absolute Gasteiger partial charge is 0.307 e. The van der Waals surface area contributed by atoms with Crippen molar-refractivity contribution in [3.05, 3.63) is 35.0 Å². The van der Waals surface area contributed by atoms with Crippen LogP contribution in [0.4, 0.5) is 0 Å². The molecule has 4 nitrogen and oxygen atoms in total. The number of aromatic nitrogens is 1. The summed E-state index contributed by atoms with van der Waals surface area (Å²) < 4.78 is 5.21. The number of aryl methyl sites for hydroxylation is 1. The van der Waals surface area contributed by atoms with E-state index >= 15 is 0 Å². The van der Waals surface area contributed by atoms with Gasteiger partial charge in [0, 0.05) is 23.6 Å². The molecule has 98 valence electrons. The van der Waals surface area contributed by atoms with Crippen LogP contribution >= 0.6 is 0 Å². The number of nitrogens with zero attached hydrogens (tertiary/aromatic N) is 1. The Morgan fingerprint density at radius 3 is 2.89 bits per heavy atom. The molecular formula is C15H15NO3. The summed E-state index contributed by atoms with van der Waals surface area (Å²) in [6.45, 7) is 2.04. The number of hydrogen-bond donors (Lipinski definition) is 1. The number of benzene rings is 1. The van der Waals surface area contributed by atoms with E-state index in [0.717, 1.165) is 33.5 Å². The molecule has 0 saturated heterocycles. The van der Waals surface area contributed by atoms with Crippen LogP contribution < -0.4 is 4.74 Å². The number of pyridine rings is 1. The van der Waals surface area contributed by atoms with Crippen molar-refractivity contribution in [1.82, 2.24) is 4.98 Å². The largest absolute Gasteiger partial charge is 0.497 e. The fraction of sp³-hybridized carbons (Fsp3) is 0.333. The van der Waals surface area contributed by atoms with Crippen LogP contribution in [0.1, 0.15) is 16.8 Å². The van der Waals surface area contributed by atoms with Crippen molar-refractivity contribution in [3.8, 4) is 5.75 Å². The van der Waals surface area contributed by atoms with Crippen molar-refractivity contribution >= 4 is 16.9 Å². The molecule has 1 aliphatic carbocycles. The molecule has 0 bridgehead atoms. The number of aliphatic carboxylic acids is 1. The highest BCUT2D eigenvalue weighted by Crippen LogP contribution is 2.33. The predicted octanol–water partition coefficient (Wildman–Crippen LogP) is 2.35. The SMILES string of the molecule is COc1ccc2c(C)c3c(nc2c1)CC(C(=O)O)C3. The van der Waals surface area contributed by atoms with E-state index < -0.39 is 5.97 Å². The molecule has 0 aliphatic heterocycles. The van der Waals surface area contributed by atoms with Crippen LogP contribution in [0, 0.1) is 12.8 Å². The molecule has 1 N–H and O–H groups in total. The molecule has 1 heterocycles. The minimum absolute atomic E-state index is 0.333. The summed E-state index contributed by atoms with van der Waals surface area (Å²) in [5.74, 6) is -0.300. The van der Waals surface area contributed by atoms with Crippen LogP contribution in [0.25, 0.3) is 10.9 Å². The Labute approximate surface area is 111 Å². The van der Waals surface area contributed by atoms with Gasteiger partial charge < -0.3 is 9.84 Å². The average molecular weight is 257 g/mol. The second-order valence-electron chi connectivity index (χ2n) is 4.99. The highest BCUT2D eigenvalue weighted by Gasteiger charge is 2.30. The molecule has 4 heteroatoms. The molecule has 2 aromatic rings. The van der Waals surface area contributed by atoms with E-state index in [4.69, 9.17) is 9.84 Å². The lowest BCUT2D eigenvalue weighted by Gasteiger charge is -2.09. The molecule has 1 aromatic carbocycles. The van der Waals surface area contributed by atoms with Gasteiger partial charge >= 0.3 is 5.97 Å². The summed E-state index contributed by atoms with van der Waals surface area (Å²) in [6.07, 6.45) is 1.12. The molecule has 0 saturated carbocycles. The van der Waals surface area contributed by atoms with Gasteiger partial charge in [-0.05, 0) is 36.6 Å². The molecule has 1 unspecified atom stereocenters. The summed E-state index contributed by atoms with van der Waals surface area (Å²) in [5.41, 5.74) is 4.05.